The van der Waals surface area contributed by atoms with Gasteiger partial charge in [0.05, 0.1) is 26.9 Å². The second-order valence-corrected chi connectivity index (χ2v) is 6.09. The van der Waals surface area contributed by atoms with Crippen LogP contribution in [0.4, 0.5) is 5.69 Å². The molecule has 0 spiro atoms. The predicted octanol–water partition coefficient (Wildman–Crippen LogP) is 2.21. The van der Waals surface area contributed by atoms with E-state index in [0.717, 1.165) is 0 Å². The highest BCUT2D eigenvalue weighted by Gasteiger charge is 2.36. The van der Waals surface area contributed by atoms with Gasteiger partial charge in [-0.25, -0.2) is 4.79 Å². The molecule has 0 saturated carbocycles. The lowest BCUT2D eigenvalue weighted by molar-refractivity contribution is -0.163. The van der Waals surface area contributed by atoms with E-state index in [9.17, 15) is 14.7 Å². The van der Waals surface area contributed by atoms with E-state index < -0.39 is 17.6 Å². The highest BCUT2D eigenvalue weighted by atomic mass is 16.5. The number of methoxy groups -OCH3 is 4. The van der Waals surface area contributed by atoms with Crippen molar-refractivity contribution in [2.24, 2.45) is 5.73 Å². The number of nitrogens with one attached hydrogen (secondary N) is 1. The Balaban J connectivity index is 2.26. The Kier molecular flexibility index (Phi) is 7.40. The van der Waals surface area contributed by atoms with Crippen molar-refractivity contribution in [1.82, 2.24) is 0 Å². The van der Waals surface area contributed by atoms with Crippen LogP contribution >= 0.6 is 0 Å². The van der Waals surface area contributed by atoms with Crippen LogP contribution in [0.15, 0.2) is 42.5 Å². The molecule has 2 aromatic rings. The van der Waals surface area contributed by atoms with E-state index in [0.29, 0.717) is 28.5 Å². The van der Waals surface area contributed by atoms with Crippen LogP contribution in [0.2, 0.25) is 0 Å². The lowest BCUT2D eigenvalue weighted by Crippen LogP contribution is -2.46. The average molecular weight is 416 g/mol. The molecule has 0 saturated heterocycles. The monoisotopic (exact) mass is 416 g/mol. The van der Waals surface area contributed by atoms with Crippen LogP contribution < -0.4 is 25.3 Å². The summed E-state index contributed by atoms with van der Waals surface area (Å²) in [4.78, 5) is 23.8. The van der Waals surface area contributed by atoms with Gasteiger partial charge in [-0.05, 0) is 18.2 Å². The third-order valence-electron chi connectivity index (χ3n) is 4.35. The second kappa shape index (κ2) is 9.77. The van der Waals surface area contributed by atoms with Gasteiger partial charge in [-0.2, -0.15) is 0 Å². The van der Waals surface area contributed by atoms with Gasteiger partial charge < -0.3 is 29.4 Å². The number of hydrogen-bond donors (Lipinski definition) is 3. The van der Waals surface area contributed by atoms with E-state index in [4.69, 9.17) is 24.7 Å². The number of anilines is 1. The van der Waals surface area contributed by atoms with Crippen molar-refractivity contribution in [3.63, 3.8) is 0 Å². The fourth-order valence-corrected chi connectivity index (χ4v) is 2.70. The number of hydrogen-bond acceptors (Lipinski definition) is 7. The number of nitrogens with two attached hydrogens (primary N) is 1. The summed E-state index contributed by atoms with van der Waals surface area (Å²) < 4.78 is 20.8. The maximum Gasteiger partial charge on any atom is 0.356 e. The Bertz CT molecular complexity index is 933. The summed E-state index contributed by atoms with van der Waals surface area (Å²) in [7, 11) is 5.70. The van der Waals surface area contributed by atoms with Crippen molar-refractivity contribution >= 4 is 23.6 Å². The zero-order valence-corrected chi connectivity index (χ0v) is 17.1. The van der Waals surface area contributed by atoms with Crippen LogP contribution in [-0.4, -0.2) is 45.4 Å². The van der Waals surface area contributed by atoms with E-state index in [1.807, 2.05) is 0 Å². The van der Waals surface area contributed by atoms with Crippen molar-refractivity contribution in [2.75, 3.05) is 33.8 Å². The molecule has 0 aliphatic carbocycles. The smallest absolute Gasteiger partial charge is 0.356 e. The number of amides is 1. The predicted molar refractivity (Wildman–Crippen MR) is 111 cm³/mol. The molecule has 1 atom stereocenters. The zero-order valence-electron chi connectivity index (χ0n) is 17.1. The van der Waals surface area contributed by atoms with Gasteiger partial charge in [-0.3, -0.25) is 10.5 Å². The Labute approximate surface area is 174 Å². The van der Waals surface area contributed by atoms with Gasteiger partial charge in [0.1, 0.15) is 17.2 Å². The topological polar surface area (TPSA) is 129 Å². The first-order valence-corrected chi connectivity index (χ1v) is 8.76. The van der Waals surface area contributed by atoms with Crippen molar-refractivity contribution in [1.29, 1.82) is 0 Å². The van der Waals surface area contributed by atoms with Gasteiger partial charge in [0, 0.05) is 36.6 Å². The molecule has 0 fully saturated rings. The Morgan fingerprint density at radius 2 is 1.67 bits per heavy atom. The average Bonchev–Trinajstić information content (AvgIpc) is 2.76. The summed E-state index contributed by atoms with van der Waals surface area (Å²) >= 11 is 0. The molecule has 4 N–H and O–H groups in total. The van der Waals surface area contributed by atoms with Gasteiger partial charge in [0.2, 0.25) is 11.6 Å². The molecule has 0 heterocycles. The van der Waals surface area contributed by atoms with Gasteiger partial charge in [-0.1, -0.05) is 12.1 Å². The second-order valence-electron chi connectivity index (χ2n) is 6.09. The van der Waals surface area contributed by atoms with Gasteiger partial charge in [-0.15, -0.1) is 0 Å². The van der Waals surface area contributed by atoms with Crippen molar-refractivity contribution in [2.45, 2.75) is 5.72 Å². The molecular weight excluding hydrogens is 392 g/mol. The SMILES string of the molecule is COc1cc(OC)c(C=CC(=O)Nc2cccc(C(N)(OC)C(=O)O)c2)c(OC)c1. The van der Waals surface area contributed by atoms with E-state index in [1.54, 1.807) is 24.3 Å². The highest BCUT2D eigenvalue weighted by Crippen LogP contribution is 2.35. The summed E-state index contributed by atoms with van der Waals surface area (Å²) in [6, 6.07) is 9.42. The third kappa shape index (κ3) is 4.88. The first-order chi connectivity index (χ1) is 14.3. The Morgan fingerprint density at radius 3 is 2.17 bits per heavy atom. The summed E-state index contributed by atoms with van der Waals surface area (Å²) in [6.45, 7) is 0. The Morgan fingerprint density at radius 1 is 1.03 bits per heavy atom. The normalized spacial score (nSPS) is 12.8. The minimum absolute atomic E-state index is 0.178. The van der Waals surface area contributed by atoms with E-state index >= 15 is 0 Å². The molecule has 0 aromatic heterocycles. The van der Waals surface area contributed by atoms with Gasteiger partial charge >= 0.3 is 5.97 Å². The van der Waals surface area contributed by atoms with Crippen LogP contribution in [0, 0.1) is 0 Å². The highest BCUT2D eigenvalue weighted by molar-refractivity contribution is 6.02. The van der Waals surface area contributed by atoms with Crippen LogP contribution in [0.25, 0.3) is 6.08 Å². The minimum atomic E-state index is -2.03. The van der Waals surface area contributed by atoms with Gasteiger partial charge in [0.15, 0.2) is 0 Å². The molecule has 2 aromatic carbocycles. The lowest BCUT2D eigenvalue weighted by atomic mass is 10.0. The van der Waals surface area contributed by atoms with Crippen molar-refractivity contribution < 1.29 is 33.6 Å². The largest absolute Gasteiger partial charge is 0.496 e. The first kappa shape index (κ1) is 22.7. The number of carbonyl (C=O) groups is 2. The first-order valence-electron chi connectivity index (χ1n) is 8.76. The number of benzene rings is 2. The minimum Gasteiger partial charge on any atom is -0.496 e. The molecule has 1 amide bonds. The van der Waals surface area contributed by atoms with Crippen LogP contribution in [0.1, 0.15) is 11.1 Å². The van der Waals surface area contributed by atoms with Crippen LogP contribution in [-0.2, 0) is 20.1 Å². The molecule has 0 aliphatic heterocycles. The molecule has 0 aliphatic rings. The van der Waals surface area contributed by atoms with Crippen LogP contribution in [0.5, 0.6) is 17.2 Å². The summed E-state index contributed by atoms with van der Waals surface area (Å²) in [6.07, 6.45) is 2.83. The molecule has 9 nitrogen and oxygen atoms in total. The van der Waals surface area contributed by atoms with E-state index in [1.165, 1.54) is 52.7 Å². The van der Waals surface area contributed by atoms with E-state index in [2.05, 4.69) is 5.32 Å². The maximum absolute atomic E-state index is 12.4. The molecule has 1 unspecified atom stereocenters. The molecular formula is C21H24N2O7. The van der Waals surface area contributed by atoms with E-state index in [-0.39, 0.29) is 5.56 Å². The standard InChI is InChI=1S/C21H24N2O7/c1-27-15-11-17(28-2)16(18(12-15)29-3)8-9-19(24)23-14-7-5-6-13(10-14)21(22,30-4)20(25)26/h5-12H,22H2,1-4H3,(H,23,24)(H,25,26). The van der Waals surface area contributed by atoms with Crippen molar-refractivity contribution in [3.05, 3.63) is 53.6 Å². The van der Waals surface area contributed by atoms with Crippen LogP contribution in [0.3, 0.4) is 0 Å². The Hall–Kier alpha value is -3.56. The quantitative estimate of drug-likeness (QED) is 0.419. The fraction of sp³-hybridized carbons (Fsp3) is 0.238. The number of aliphatic carboxylic acids is 1. The lowest BCUT2D eigenvalue weighted by Gasteiger charge is -2.23. The molecule has 0 bridgehead atoms. The van der Waals surface area contributed by atoms with Crippen molar-refractivity contribution in [3.8, 4) is 17.2 Å². The summed E-state index contributed by atoms with van der Waals surface area (Å²) in [5, 5.41) is 12.0. The third-order valence-corrected chi connectivity index (χ3v) is 4.35. The van der Waals surface area contributed by atoms with Gasteiger partial charge in [0.25, 0.3) is 0 Å². The number of carboxylic acids is 1. The molecule has 9 heteroatoms. The number of ether oxygens (including phenoxy) is 4. The number of rotatable bonds is 9. The zero-order chi connectivity index (χ0) is 22.3. The molecule has 30 heavy (non-hydrogen) atoms. The summed E-state index contributed by atoms with van der Waals surface area (Å²) in [5.41, 5.74) is 4.85. The maximum atomic E-state index is 12.4. The number of carboxylic acid groups (broad SMARTS) is 1. The molecule has 0 radical (unpaired) electrons. The molecule has 160 valence electrons. The summed E-state index contributed by atoms with van der Waals surface area (Å²) in [5.74, 6) is -0.336. The number of carbonyl (C=O) groups excluding carboxylic acids is 1. The fourth-order valence-electron chi connectivity index (χ4n) is 2.70. The molecule has 2 rings (SSSR count).